The summed E-state index contributed by atoms with van der Waals surface area (Å²) in [5, 5.41) is 9.34. The molecule has 1 heterocycles. The molecule has 0 aliphatic carbocycles. The molecule has 23 heavy (non-hydrogen) atoms. The Morgan fingerprint density at radius 1 is 1.22 bits per heavy atom. The largest absolute Gasteiger partial charge is 0.459 e. The number of nitrogens with zero attached hydrogens (tertiary/aromatic N) is 1. The summed E-state index contributed by atoms with van der Waals surface area (Å²) in [6, 6.07) is 3.71. The van der Waals surface area contributed by atoms with Gasteiger partial charge in [0.15, 0.2) is 11.7 Å². The van der Waals surface area contributed by atoms with Crippen LogP contribution in [0.2, 0.25) is 0 Å². The second kappa shape index (κ2) is 10.7. The molecule has 0 aromatic carbocycles. The first-order valence-corrected chi connectivity index (χ1v) is 8.31. The minimum absolute atomic E-state index is 0.207. The molecule has 1 aromatic rings. The Morgan fingerprint density at radius 2 is 1.96 bits per heavy atom. The number of hydrogen-bond donors (Lipinski definition) is 3. The van der Waals surface area contributed by atoms with Crippen molar-refractivity contribution in [2.75, 3.05) is 20.1 Å². The normalized spacial score (nSPS) is 13.0. The van der Waals surface area contributed by atoms with Gasteiger partial charge in [-0.05, 0) is 31.4 Å². The molecule has 1 atom stereocenters. The number of guanidine groups is 1. The zero-order valence-corrected chi connectivity index (χ0v) is 14.7. The number of carbonyl (C=O) groups excluding carboxylic acids is 1. The van der Waals surface area contributed by atoms with Crippen molar-refractivity contribution >= 4 is 11.9 Å². The first-order valence-electron chi connectivity index (χ1n) is 8.31. The molecule has 1 aromatic heterocycles. The summed E-state index contributed by atoms with van der Waals surface area (Å²) in [5.74, 6) is 1.62. The van der Waals surface area contributed by atoms with Gasteiger partial charge in [0, 0.05) is 26.2 Å². The monoisotopic (exact) mass is 322 g/mol. The number of nitrogens with one attached hydrogen (secondary N) is 3. The number of aliphatic imine (C=N–C) groups is 1. The van der Waals surface area contributed by atoms with Crippen molar-refractivity contribution in [1.29, 1.82) is 0 Å². The Kier molecular flexibility index (Phi) is 8.87. The summed E-state index contributed by atoms with van der Waals surface area (Å²) in [6.45, 7) is 7.75. The average molecular weight is 322 g/mol. The summed E-state index contributed by atoms with van der Waals surface area (Å²) >= 11 is 0. The molecular formula is C17H30N4O2. The van der Waals surface area contributed by atoms with Crippen LogP contribution in [0.25, 0.3) is 0 Å². The van der Waals surface area contributed by atoms with Crippen LogP contribution in [-0.4, -0.2) is 38.0 Å². The van der Waals surface area contributed by atoms with E-state index in [1.165, 1.54) is 19.1 Å². The van der Waals surface area contributed by atoms with Crippen LogP contribution >= 0.6 is 0 Å². The van der Waals surface area contributed by atoms with Gasteiger partial charge in [0.2, 0.25) is 0 Å². The average Bonchev–Trinajstić information content (AvgIpc) is 3.04. The highest BCUT2D eigenvalue weighted by molar-refractivity contribution is 5.91. The maximum atomic E-state index is 11.7. The van der Waals surface area contributed by atoms with Crippen molar-refractivity contribution in [2.45, 2.75) is 46.1 Å². The van der Waals surface area contributed by atoms with Gasteiger partial charge in [-0.1, -0.05) is 26.7 Å². The van der Waals surface area contributed by atoms with Crippen LogP contribution in [0.1, 0.15) is 50.6 Å². The molecule has 0 bridgehead atoms. The van der Waals surface area contributed by atoms with Gasteiger partial charge in [-0.3, -0.25) is 9.79 Å². The lowest BCUT2D eigenvalue weighted by molar-refractivity contribution is 0.0926. The smallest absolute Gasteiger partial charge is 0.287 e. The van der Waals surface area contributed by atoms with Crippen molar-refractivity contribution in [3.05, 3.63) is 24.2 Å². The third kappa shape index (κ3) is 8.28. The van der Waals surface area contributed by atoms with Crippen LogP contribution < -0.4 is 16.0 Å². The van der Waals surface area contributed by atoms with Gasteiger partial charge in [-0.25, -0.2) is 0 Å². The lowest BCUT2D eigenvalue weighted by Crippen LogP contribution is -2.44. The summed E-state index contributed by atoms with van der Waals surface area (Å²) < 4.78 is 5.03. The summed E-state index contributed by atoms with van der Waals surface area (Å²) in [6.07, 6.45) is 5.06. The van der Waals surface area contributed by atoms with E-state index in [0.717, 1.165) is 18.3 Å². The van der Waals surface area contributed by atoms with E-state index in [9.17, 15) is 4.79 Å². The predicted molar refractivity (Wildman–Crippen MR) is 93.7 cm³/mol. The van der Waals surface area contributed by atoms with E-state index in [-0.39, 0.29) is 5.91 Å². The lowest BCUT2D eigenvalue weighted by Gasteiger charge is -2.18. The van der Waals surface area contributed by atoms with Gasteiger partial charge in [-0.15, -0.1) is 0 Å². The number of furan rings is 1. The lowest BCUT2D eigenvalue weighted by atomic mass is 10.0. The predicted octanol–water partition coefficient (Wildman–Crippen LogP) is 2.39. The Bertz CT molecular complexity index is 469. The fourth-order valence-corrected chi connectivity index (χ4v) is 2.18. The molecule has 6 nitrogen and oxygen atoms in total. The van der Waals surface area contributed by atoms with Gasteiger partial charge < -0.3 is 20.4 Å². The van der Waals surface area contributed by atoms with Gasteiger partial charge in [0.25, 0.3) is 5.91 Å². The van der Waals surface area contributed by atoms with Crippen molar-refractivity contribution in [2.24, 2.45) is 10.9 Å². The molecule has 3 N–H and O–H groups in total. The number of amides is 1. The van der Waals surface area contributed by atoms with E-state index in [2.05, 4.69) is 41.7 Å². The molecule has 1 rings (SSSR count). The second-order valence-corrected chi connectivity index (χ2v) is 6.10. The van der Waals surface area contributed by atoms with Crippen LogP contribution in [-0.2, 0) is 0 Å². The van der Waals surface area contributed by atoms with Crippen molar-refractivity contribution < 1.29 is 9.21 Å². The molecule has 0 aliphatic rings. The van der Waals surface area contributed by atoms with Gasteiger partial charge in [-0.2, -0.15) is 0 Å². The molecule has 1 amide bonds. The highest BCUT2D eigenvalue weighted by atomic mass is 16.3. The Morgan fingerprint density at radius 3 is 2.57 bits per heavy atom. The van der Waals surface area contributed by atoms with Gasteiger partial charge in [0.1, 0.15) is 0 Å². The minimum Gasteiger partial charge on any atom is -0.459 e. The molecule has 1 unspecified atom stereocenters. The fourth-order valence-electron chi connectivity index (χ4n) is 2.18. The van der Waals surface area contributed by atoms with Crippen LogP contribution in [0.3, 0.4) is 0 Å². The Hall–Kier alpha value is -1.98. The maximum Gasteiger partial charge on any atom is 0.287 e. The first-order chi connectivity index (χ1) is 11.0. The Balaban J connectivity index is 2.17. The van der Waals surface area contributed by atoms with Gasteiger partial charge in [0.05, 0.1) is 6.26 Å². The quantitative estimate of drug-likeness (QED) is 0.370. The topological polar surface area (TPSA) is 78.7 Å². The second-order valence-electron chi connectivity index (χ2n) is 6.10. The molecular weight excluding hydrogens is 292 g/mol. The third-order valence-electron chi connectivity index (χ3n) is 3.47. The zero-order valence-electron chi connectivity index (χ0n) is 14.7. The summed E-state index contributed by atoms with van der Waals surface area (Å²) in [4.78, 5) is 15.9. The van der Waals surface area contributed by atoms with Gasteiger partial charge >= 0.3 is 0 Å². The van der Waals surface area contributed by atoms with E-state index >= 15 is 0 Å². The van der Waals surface area contributed by atoms with Crippen LogP contribution in [0.15, 0.2) is 27.8 Å². The molecule has 130 valence electrons. The molecule has 0 radical (unpaired) electrons. The van der Waals surface area contributed by atoms with E-state index in [1.54, 1.807) is 19.2 Å². The van der Waals surface area contributed by atoms with Crippen molar-refractivity contribution in [3.8, 4) is 0 Å². The number of hydrogen-bond acceptors (Lipinski definition) is 3. The van der Waals surface area contributed by atoms with Crippen LogP contribution in [0.5, 0.6) is 0 Å². The maximum absolute atomic E-state index is 11.7. The van der Waals surface area contributed by atoms with E-state index in [0.29, 0.717) is 24.9 Å². The molecule has 0 saturated carbocycles. The molecule has 0 saturated heterocycles. The molecule has 0 fully saturated rings. The minimum atomic E-state index is -0.207. The summed E-state index contributed by atoms with van der Waals surface area (Å²) in [7, 11) is 1.75. The first kappa shape index (κ1) is 19.1. The molecule has 6 heteroatoms. The highest BCUT2D eigenvalue weighted by Gasteiger charge is 2.08. The molecule has 0 spiro atoms. The van der Waals surface area contributed by atoms with E-state index in [1.807, 2.05) is 0 Å². The fraction of sp³-hybridized carbons (Fsp3) is 0.647. The highest BCUT2D eigenvalue weighted by Crippen LogP contribution is 2.08. The SMILES string of the molecule is CN=C(NCCNC(=O)c1ccco1)NC(C)CCCC(C)C. The van der Waals surface area contributed by atoms with Crippen LogP contribution in [0, 0.1) is 5.92 Å². The number of rotatable bonds is 9. The number of carbonyl (C=O) groups is 1. The van der Waals surface area contributed by atoms with E-state index in [4.69, 9.17) is 4.42 Å². The summed E-state index contributed by atoms with van der Waals surface area (Å²) in [5.41, 5.74) is 0. The van der Waals surface area contributed by atoms with E-state index < -0.39 is 0 Å². The standard InChI is InChI=1S/C17H30N4O2/c1-13(2)7-5-8-14(3)21-17(18-4)20-11-10-19-16(22)15-9-6-12-23-15/h6,9,12-14H,5,7-8,10-11H2,1-4H3,(H,19,22)(H2,18,20,21). The van der Waals surface area contributed by atoms with Crippen molar-refractivity contribution in [3.63, 3.8) is 0 Å². The Labute approximate surface area is 139 Å². The molecule has 0 aliphatic heterocycles. The zero-order chi connectivity index (χ0) is 17.1. The third-order valence-corrected chi connectivity index (χ3v) is 3.47. The van der Waals surface area contributed by atoms with Crippen molar-refractivity contribution in [1.82, 2.24) is 16.0 Å². The van der Waals surface area contributed by atoms with Crippen LogP contribution in [0.4, 0.5) is 0 Å².